The summed E-state index contributed by atoms with van der Waals surface area (Å²) in [5, 5.41) is 6.79. The number of aliphatic imine (C=N–C) groups is 1. The lowest BCUT2D eigenvalue weighted by atomic mass is 10.0. The van der Waals surface area contributed by atoms with Crippen LogP contribution in [0.3, 0.4) is 0 Å². The molecule has 21 heavy (non-hydrogen) atoms. The summed E-state index contributed by atoms with van der Waals surface area (Å²) in [5.41, 5.74) is 0.595. The van der Waals surface area contributed by atoms with Crippen molar-refractivity contribution in [2.75, 3.05) is 26.7 Å². The zero-order valence-electron chi connectivity index (χ0n) is 12.8. The molecule has 3 rings (SSSR count). The van der Waals surface area contributed by atoms with Crippen LogP contribution in [0.1, 0.15) is 25.7 Å². The Labute approximate surface area is 127 Å². The molecule has 2 N–H and O–H groups in total. The molecule has 0 aromatic heterocycles. The summed E-state index contributed by atoms with van der Waals surface area (Å²) in [4.78, 5) is 4.28. The summed E-state index contributed by atoms with van der Waals surface area (Å²) in [6, 6.07) is 9.90. The van der Waals surface area contributed by atoms with Gasteiger partial charge in [-0.25, -0.2) is 0 Å². The van der Waals surface area contributed by atoms with Crippen LogP contribution in [0.25, 0.3) is 0 Å². The molecule has 0 amide bonds. The van der Waals surface area contributed by atoms with Gasteiger partial charge in [0.1, 0.15) is 12.4 Å². The molecule has 0 bridgehead atoms. The van der Waals surface area contributed by atoms with E-state index in [0.29, 0.717) is 12.0 Å². The molecule has 0 radical (unpaired) electrons. The normalized spacial score (nSPS) is 20.0. The maximum absolute atomic E-state index is 5.66. The lowest BCUT2D eigenvalue weighted by molar-refractivity contribution is 0.321. The van der Waals surface area contributed by atoms with Gasteiger partial charge in [0.05, 0.1) is 6.54 Å². The highest BCUT2D eigenvalue weighted by atomic mass is 16.5. The van der Waals surface area contributed by atoms with Gasteiger partial charge in [-0.15, -0.1) is 0 Å². The Morgan fingerprint density at radius 3 is 2.62 bits per heavy atom. The Bertz CT molecular complexity index is 478. The highest BCUT2D eigenvalue weighted by molar-refractivity contribution is 5.79. The first-order valence-electron chi connectivity index (χ1n) is 7.95. The van der Waals surface area contributed by atoms with Crippen LogP contribution in [0.5, 0.6) is 5.75 Å². The van der Waals surface area contributed by atoms with Crippen LogP contribution in [-0.4, -0.2) is 32.7 Å². The molecule has 0 unspecified atom stereocenters. The molecule has 2 aliphatic rings. The molecular weight excluding hydrogens is 262 g/mol. The third-order valence-corrected chi connectivity index (χ3v) is 4.57. The monoisotopic (exact) mass is 287 g/mol. The molecule has 0 aliphatic heterocycles. The summed E-state index contributed by atoms with van der Waals surface area (Å²) >= 11 is 0. The standard InChI is InChI=1S/C17H25N3O/c1-18-16(20-13-17(9-10-17)14-7-8-14)19-11-12-21-15-5-3-2-4-6-15/h2-6,14H,7-13H2,1H3,(H2,18,19,20). The lowest BCUT2D eigenvalue weighted by Crippen LogP contribution is -2.42. The van der Waals surface area contributed by atoms with Crippen molar-refractivity contribution in [2.45, 2.75) is 25.7 Å². The summed E-state index contributed by atoms with van der Waals surface area (Å²) in [7, 11) is 1.82. The van der Waals surface area contributed by atoms with Crippen molar-refractivity contribution in [3.05, 3.63) is 30.3 Å². The molecule has 4 nitrogen and oxygen atoms in total. The van der Waals surface area contributed by atoms with E-state index in [4.69, 9.17) is 4.74 Å². The van der Waals surface area contributed by atoms with Crippen molar-refractivity contribution in [3.8, 4) is 5.75 Å². The Balaban J connectivity index is 1.33. The summed E-state index contributed by atoms with van der Waals surface area (Å²) in [6.45, 7) is 2.46. The number of nitrogens with zero attached hydrogens (tertiary/aromatic N) is 1. The largest absolute Gasteiger partial charge is 0.492 e. The first-order chi connectivity index (χ1) is 10.3. The second-order valence-corrected chi connectivity index (χ2v) is 6.15. The fourth-order valence-electron chi connectivity index (χ4n) is 2.92. The molecule has 0 atom stereocenters. The first-order valence-corrected chi connectivity index (χ1v) is 7.95. The van der Waals surface area contributed by atoms with Crippen molar-refractivity contribution in [2.24, 2.45) is 16.3 Å². The Kier molecular flexibility index (Phi) is 4.32. The van der Waals surface area contributed by atoms with Crippen LogP contribution < -0.4 is 15.4 Å². The Morgan fingerprint density at radius 1 is 1.24 bits per heavy atom. The van der Waals surface area contributed by atoms with Crippen molar-refractivity contribution in [1.29, 1.82) is 0 Å². The van der Waals surface area contributed by atoms with E-state index in [1.165, 1.54) is 25.7 Å². The van der Waals surface area contributed by atoms with Gasteiger partial charge in [0.25, 0.3) is 0 Å². The van der Waals surface area contributed by atoms with Crippen LogP contribution in [0, 0.1) is 11.3 Å². The van der Waals surface area contributed by atoms with E-state index in [9.17, 15) is 0 Å². The van der Waals surface area contributed by atoms with Crippen LogP contribution in [0.15, 0.2) is 35.3 Å². The third kappa shape index (κ3) is 3.90. The van der Waals surface area contributed by atoms with E-state index in [2.05, 4.69) is 15.6 Å². The molecular formula is C17H25N3O. The lowest BCUT2D eigenvalue weighted by Gasteiger charge is -2.18. The zero-order chi connectivity index (χ0) is 14.5. The number of guanidine groups is 1. The predicted molar refractivity (Wildman–Crippen MR) is 85.7 cm³/mol. The topological polar surface area (TPSA) is 45.7 Å². The minimum Gasteiger partial charge on any atom is -0.492 e. The molecule has 4 heteroatoms. The maximum atomic E-state index is 5.66. The van der Waals surface area contributed by atoms with E-state index in [0.717, 1.165) is 30.7 Å². The summed E-state index contributed by atoms with van der Waals surface area (Å²) < 4.78 is 5.66. The van der Waals surface area contributed by atoms with Gasteiger partial charge in [-0.1, -0.05) is 18.2 Å². The van der Waals surface area contributed by atoms with E-state index >= 15 is 0 Å². The van der Waals surface area contributed by atoms with Gasteiger partial charge in [0.15, 0.2) is 5.96 Å². The fourth-order valence-corrected chi connectivity index (χ4v) is 2.92. The number of benzene rings is 1. The van der Waals surface area contributed by atoms with Gasteiger partial charge in [0, 0.05) is 13.6 Å². The molecule has 0 heterocycles. The number of para-hydroxylation sites is 1. The van der Waals surface area contributed by atoms with Crippen molar-refractivity contribution < 1.29 is 4.74 Å². The van der Waals surface area contributed by atoms with Gasteiger partial charge in [-0.3, -0.25) is 4.99 Å². The molecule has 114 valence electrons. The molecule has 0 saturated heterocycles. The van der Waals surface area contributed by atoms with E-state index in [-0.39, 0.29) is 0 Å². The minimum atomic E-state index is 0.595. The molecule has 2 saturated carbocycles. The molecule has 1 aromatic carbocycles. The van der Waals surface area contributed by atoms with E-state index < -0.39 is 0 Å². The number of nitrogens with one attached hydrogen (secondary N) is 2. The minimum absolute atomic E-state index is 0.595. The quantitative estimate of drug-likeness (QED) is 0.460. The summed E-state index contributed by atoms with van der Waals surface area (Å²) in [5.74, 6) is 2.77. The summed E-state index contributed by atoms with van der Waals surface area (Å²) in [6.07, 6.45) is 5.63. The Morgan fingerprint density at radius 2 is 2.00 bits per heavy atom. The first kappa shape index (κ1) is 14.2. The second-order valence-electron chi connectivity index (χ2n) is 6.15. The van der Waals surface area contributed by atoms with E-state index in [1.54, 1.807) is 0 Å². The van der Waals surface area contributed by atoms with Crippen LogP contribution >= 0.6 is 0 Å². The highest BCUT2D eigenvalue weighted by Crippen LogP contribution is 2.60. The van der Waals surface area contributed by atoms with Gasteiger partial charge >= 0.3 is 0 Å². The van der Waals surface area contributed by atoms with Crippen LogP contribution in [0.4, 0.5) is 0 Å². The molecule has 0 spiro atoms. The van der Waals surface area contributed by atoms with Crippen molar-refractivity contribution in [3.63, 3.8) is 0 Å². The predicted octanol–water partition coefficient (Wildman–Crippen LogP) is 2.42. The van der Waals surface area contributed by atoms with Gasteiger partial charge < -0.3 is 15.4 Å². The SMILES string of the molecule is CN=C(NCCOc1ccccc1)NCC1(C2CC2)CC1. The smallest absolute Gasteiger partial charge is 0.191 e. The fraction of sp³-hybridized carbons (Fsp3) is 0.588. The average Bonchev–Trinajstić information content (AvgIpc) is 3.39. The average molecular weight is 287 g/mol. The van der Waals surface area contributed by atoms with Crippen molar-refractivity contribution >= 4 is 5.96 Å². The molecule has 1 aromatic rings. The molecule has 2 aliphatic carbocycles. The van der Waals surface area contributed by atoms with Gasteiger partial charge in [-0.05, 0) is 49.1 Å². The third-order valence-electron chi connectivity index (χ3n) is 4.57. The highest BCUT2D eigenvalue weighted by Gasteiger charge is 2.53. The van der Waals surface area contributed by atoms with Gasteiger partial charge in [0.2, 0.25) is 0 Å². The number of rotatable bonds is 7. The van der Waals surface area contributed by atoms with Crippen LogP contribution in [-0.2, 0) is 0 Å². The Hall–Kier alpha value is -1.71. The maximum Gasteiger partial charge on any atom is 0.191 e. The zero-order valence-corrected chi connectivity index (χ0v) is 12.8. The molecule has 2 fully saturated rings. The van der Waals surface area contributed by atoms with Crippen molar-refractivity contribution in [1.82, 2.24) is 10.6 Å². The van der Waals surface area contributed by atoms with Gasteiger partial charge in [-0.2, -0.15) is 0 Å². The second kappa shape index (κ2) is 6.37. The number of ether oxygens (including phenoxy) is 1. The van der Waals surface area contributed by atoms with Crippen LogP contribution in [0.2, 0.25) is 0 Å². The number of hydrogen-bond acceptors (Lipinski definition) is 2. The van der Waals surface area contributed by atoms with E-state index in [1.807, 2.05) is 37.4 Å². The number of hydrogen-bond donors (Lipinski definition) is 2.